The van der Waals surface area contributed by atoms with Gasteiger partial charge in [0.25, 0.3) is 10.2 Å². The molecule has 0 aliphatic carbocycles. The Morgan fingerprint density at radius 1 is 1.33 bits per heavy atom. The zero-order valence-electron chi connectivity index (χ0n) is 10.9. The minimum Gasteiger partial charge on any atom is -0.480 e. The van der Waals surface area contributed by atoms with Gasteiger partial charge in [-0.15, -0.1) is 0 Å². The predicted molar refractivity (Wildman–Crippen MR) is 65.4 cm³/mol. The summed E-state index contributed by atoms with van der Waals surface area (Å²) in [5.41, 5.74) is -0.782. The lowest BCUT2D eigenvalue weighted by Crippen LogP contribution is -2.56. The van der Waals surface area contributed by atoms with Crippen LogP contribution in [-0.4, -0.2) is 66.5 Å². The molecule has 1 N–H and O–H groups in total. The number of ether oxygens (including phenoxy) is 1. The normalized spacial score (nSPS) is 19.1. The van der Waals surface area contributed by atoms with Gasteiger partial charge in [-0.3, -0.25) is 4.79 Å². The van der Waals surface area contributed by atoms with Gasteiger partial charge in [0.1, 0.15) is 6.54 Å². The van der Waals surface area contributed by atoms with Gasteiger partial charge in [0, 0.05) is 18.6 Å². The van der Waals surface area contributed by atoms with Crippen molar-refractivity contribution in [2.45, 2.75) is 26.3 Å². The van der Waals surface area contributed by atoms with Crippen LogP contribution in [0.5, 0.6) is 0 Å². The van der Waals surface area contributed by atoms with E-state index in [1.54, 1.807) is 20.8 Å². The predicted octanol–water partition coefficient (Wildman–Crippen LogP) is -0.251. The standard InChI is InChI=1S/C10H20N2O5S/c1-10(2,3)12(8-9(13)14)18(15,16)11-4-6-17-7-5-11/h4-8H2,1-3H3,(H,13,14). The average Bonchev–Trinajstić information content (AvgIpc) is 2.25. The first-order chi connectivity index (χ1) is 8.15. The highest BCUT2D eigenvalue weighted by atomic mass is 32.2. The second-order valence-electron chi connectivity index (χ2n) is 5.09. The Kier molecular flexibility index (Phi) is 4.71. The van der Waals surface area contributed by atoms with Crippen molar-refractivity contribution < 1.29 is 23.1 Å². The zero-order chi connectivity index (χ0) is 14.0. The van der Waals surface area contributed by atoms with E-state index in [4.69, 9.17) is 9.84 Å². The molecule has 106 valence electrons. The lowest BCUT2D eigenvalue weighted by molar-refractivity contribution is -0.138. The molecule has 0 radical (unpaired) electrons. The maximum atomic E-state index is 12.4. The molecular weight excluding hydrogens is 260 g/mol. The molecule has 1 aliphatic heterocycles. The van der Waals surface area contributed by atoms with Crippen LogP contribution in [0.25, 0.3) is 0 Å². The van der Waals surface area contributed by atoms with Crippen LogP contribution in [0, 0.1) is 0 Å². The zero-order valence-corrected chi connectivity index (χ0v) is 11.7. The van der Waals surface area contributed by atoms with Gasteiger partial charge in [-0.1, -0.05) is 0 Å². The Balaban J connectivity index is 2.99. The Morgan fingerprint density at radius 2 is 1.83 bits per heavy atom. The minimum atomic E-state index is -3.77. The molecule has 0 aromatic heterocycles. The fraction of sp³-hybridized carbons (Fsp3) is 0.900. The summed E-state index contributed by atoms with van der Waals surface area (Å²) in [5.74, 6) is -1.17. The molecule has 0 saturated carbocycles. The number of aliphatic carboxylic acids is 1. The molecule has 0 spiro atoms. The molecule has 1 fully saturated rings. The van der Waals surface area contributed by atoms with E-state index in [1.807, 2.05) is 0 Å². The monoisotopic (exact) mass is 280 g/mol. The number of carbonyl (C=O) groups is 1. The smallest absolute Gasteiger partial charge is 0.318 e. The topological polar surface area (TPSA) is 87.2 Å². The maximum absolute atomic E-state index is 12.4. The van der Waals surface area contributed by atoms with Crippen molar-refractivity contribution in [2.75, 3.05) is 32.8 Å². The number of hydrogen-bond acceptors (Lipinski definition) is 4. The van der Waals surface area contributed by atoms with Gasteiger partial charge in [0.05, 0.1) is 13.2 Å². The second kappa shape index (κ2) is 5.52. The van der Waals surface area contributed by atoms with Crippen molar-refractivity contribution in [2.24, 2.45) is 0 Å². The molecule has 0 unspecified atom stereocenters. The molecule has 8 heteroatoms. The van der Waals surface area contributed by atoms with Gasteiger partial charge in [-0.2, -0.15) is 17.0 Å². The van der Waals surface area contributed by atoms with E-state index < -0.39 is 28.3 Å². The van der Waals surface area contributed by atoms with Crippen molar-refractivity contribution in [3.8, 4) is 0 Å². The number of carboxylic acids is 1. The van der Waals surface area contributed by atoms with E-state index in [-0.39, 0.29) is 13.1 Å². The molecule has 1 heterocycles. The van der Waals surface area contributed by atoms with Crippen molar-refractivity contribution in [3.05, 3.63) is 0 Å². The van der Waals surface area contributed by atoms with E-state index in [1.165, 1.54) is 4.31 Å². The molecule has 7 nitrogen and oxygen atoms in total. The highest BCUT2D eigenvalue weighted by Crippen LogP contribution is 2.21. The lowest BCUT2D eigenvalue weighted by Gasteiger charge is -2.38. The number of hydrogen-bond donors (Lipinski definition) is 1. The molecule has 0 amide bonds. The van der Waals surface area contributed by atoms with E-state index in [0.29, 0.717) is 13.2 Å². The van der Waals surface area contributed by atoms with E-state index in [2.05, 4.69) is 0 Å². The summed E-state index contributed by atoms with van der Waals surface area (Å²) in [6.07, 6.45) is 0. The quantitative estimate of drug-likeness (QED) is 0.767. The summed E-state index contributed by atoms with van der Waals surface area (Å²) < 4.78 is 32.2. The SMILES string of the molecule is CC(C)(C)N(CC(=O)O)S(=O)(=O)N1CCOCC1. The molecular formula is C10H20N2O5S. The van der Waals surface area contributed by atoms with Crippen LogP contribution in [0.4, 0.5) is 0 Å². The molecule has 0 atom stereocenters. The maximum Gasteiger partial charge on any atom is 0.318 e. The summed E-state index contributed by atoms with van der Waals surface area (Å²) in [6, 6.07) is 0. The van der Waals surface area contributed by atoms with Gasteiger partial charge in [0.2, 0.25) is 0 Å². The first kappa shape index (κ1) is 15.4. The number of nitrogens with zero attached hydrogens (tertiary/aromatic N) is 2. The van der Waals surface area contributed by atoms with Gasteiger partial charge in [-0.25, -0.2) is 0 Å². The Hall–Kier alpha value is -0.700. The van der Waals surface area contributed by atoms with Crippen LogP contribution >= 0.6 is 0 Å². The Bertz CT molecular complexity index is 395. The average molecular weight is 280 g/mol. The van der Waals surface area contributed by atoms with Crippen molar-refractivity contribution in [1.29, 1.82) is 0 Å². The largest absolute Gasteiger partial charge is 0.480 e. The van der Waals surface area contributed by atoms with Crippen LogP contribution in [0.15, 0.2) is 0 Å². The summed E-state index contributed by atoms with van der Waals surface area (Å²) in [5, 5.41) is 8.86. The third-order valence-electron chi connectivity index (χ3n) is 2.60. The molecule has 18 heavy (non-hydrogen) atoms. The second-order valence-corrected chi connectivity index (χ2v) is 6.94. The molecule has 1 saturated heterocycles. The Morgan fingerprint density at radius 3 is 2.22 bits per heavy atom. The number of morpholine rings is 1. The van der Waals surface area contributed by atoms with Crippen LogP contribution in [0.1, 0.15) is 20.8 Å². The Labute approximate surface area is 108 Å². The number of carboxylic acid groups (broad SMARTS) is 1. The highest BCUT2D eigenvalue weighted by Gasteiger charge is 2.38. The minimum absolute atomic E-state index is 0.258. The fourth-order valence-corrected chi connectivity index (χ4v) is 3.56. The van der Waals surface area contributed by atoms with E-state index in [0.717, 1.165) is 4.31 Å². The van der Waals surface area contributed by atoms with Gasteiger partial charge >= 0.3 is 5.97 Å². The summed E-state index contributed by atoms with van der Waals surface area (Å²) in [7, 11) is -3.77. The van der Waals surface area contributed by atoms with Crippen LogP contribution < -0.4 is 0 Å². The van der Waals surface area contributed by atoms with Gasteiger partial charge in [-0.05, 0) is 20.8 Å². The molecule has 0 aromatic carbocycles. The van der Waals surface area contributed by atoms with Crippen molar-refractivity contribution in [3.63, 3.8) is 0 Å². The molecule has 1 aliphatic rings. The van der Waals surface area contributed by atoms with E-state index in [9.17, 15) is 13.2 Å². The molecule has 0 aromatic rings. The first-order valence-electron chi connectivity index (χ1n) is 5.73. The number of rotatable bonds is 4. The van der Waals surface area contributed by atoms with Crippen LogP contribution in [0.3, 0.4) is 0 Å². The van der Waals surface area contributed by atoms with Crippen molar-refractivity contribution in [1.82, 2.24) is 8.61 Å². The first-order valence-corrected chi connectivity index (χ1v) is 7.13. The van der Waals surface area contributed by atoms with Crippen LogP contribution in [0.2, 0.25) is 0 Å². The van der Waals surface area contributed by atoms with Crippen LogP contribution in [-0.2, 0) is 19.7 Å². The fourth-order valence-electron chi connectivity index (χ4n) is 1.70. The third-order valence-corrected chi connectivity index (χ3v) is 4.85. The summed E-state index contributed by atoms with van der Waals surface area (Å²) >= 11 is 0. The van der Waals surface area contributed by atoms with Crippen molar-refractivity contribution >= 4 is 16.2 Å². The van der Waals surface area contributed by atoms with Gasteiger partial charge < -0.3 is 9.84 Å². The lowest BCUT2D eigenvalue weighted by atomic mass is 10.1. The highest BCUT2D eigenvalue weighted by molar-refractivity contribution is 7.86. The molecule has 1 rings (SSSR count). The molecule has 0 bridgehead atoms. The van der Waals surface area contributed by atoms with E-state index >= 15 is 0 Å². The van der Waals surface area contributed by atoms with Gasteiger partial charge in [0.15, 0.2) is 0 Å². The summed E-state index contributed by atoms with van der Waals surface area (Å²) in [6.45, 7) is 5.68. The third kappa shape index (κ3) is 3.64. The summed E-state index contributed by atoms with van der Waals surface area (Å²) in [4.78, 5) is 10.8.